The number of piperazine rings is 1. The van der Waals surface area contributed by atoms with Crippen LogP contribution in [0.2, 0.25) is 0 Å². The van der Waals surface area contributed by atoms with Gasteiger partial charge in [-0.15, -0.1) is 0 Å². The summed E-state index contributed by atoms with van der Waals surface area (Å²) in [4.78, 5) is 37.1. The molecule has 0 bridgehead atoms. The van der Waals surface area contributed by atoms with Crippen molar-refractivity contribution in [3.8, 4) is 0 Å². The zero-order valence-electron chi connectivity index (χ0n) is 12.5. The summed E-state index contributed by atoms with van der Waals surface area (Å²) in [5.41, 5.74) is -0.352. The minimum Gasteiger partial charge on any atom is -0.466 e. The molecule has 23 heavy (non-hydrogen) atoms. The number of nitrogens with one attached hydrogen (secondary N) is 1. The summed E-state index contributed by atoms with van der Waals surface area (Å²) >= 11 is 0. The Morgan fingerprint density at radius 3 is 2.78 bits per heavy atom. The predicted molar refractivity (Wildman–Crippen MR) is 75.4 cm³/mol. The molecule has 2 amide bonds. The van der Waals surface area contributed by atoms with Crippen LogP contribution < -0.4 is 5.32 Å². The number of carbonyl (C=O) groups excluding carboxylic acids is 3. The Hall–Kier alpha value is -2.51. The fourth-order valence-corrected chi connectivity index (χ4v) is 2.36. The number of amides is 2. The average molecular weight is 326 g/mol. The Kier molecular flexibility index (Phi) is 5.25. The number of rotatable bonds is 4. The topological polar surface area (TPSA) is 75.7 Å². The third-order valence-electron chi connectivity index (χ3n) is 3.42. The summed E-state index contributed by atoms with van der Waals surface area (Å²) < 4.78 is 31.5. The van der Waals surface area contributed by atoms with Gasteiger partial charge in [0.15, 0.2) is 0 Å². The lowest BCUT2D eigenvalue weighted by Crippen LogP contribution is -2.58. The van der Waals surface area contributed by atoms with Crippen LogP contribution in [0.5, 0.6) is 0 Å². The van der Waals surface area contributed by atoms with Gasteiger partial charge in [-0.2, -0.15) is 0 Å². The molecular weight excluding hydrogens is 310 g/mol. The molecule has 0 saturated carbocycles. The first kappa shape index (κ1) is 16.9. The van der Waals surface area contributed by atoms with E-state index in [2.05, 4.69) is 5.32 Å². The van der Waals surface area contributed by atoms with Gasteiger partial charge in [0, 0.05) is 19.2 Å². The smallest absolute Gasteiger partial charge is 0.308 e. The van der Waals surface area contributed by atoms with Crippen molar-refractivity contribution in [3.05, 3.63) is 35.4 Å². The molecule has 1 N–H and O–H groups in total. The lowest BCUT2D eigenvalue weighted by molar-refractivity contribution is -0.147. The number of halogens is 2. The highest BCUT2D eigenvalue weighted by Gasteiger charge is 2.36. The normalized spacial score (nSPS) is 17.6. The van der Waals surface area contributed by atoms with Crippen LogP contribution in [0, 0.1) is 11.6 Å². The number of ether oxygens (including phenoxy) is 1. The van der Waals surface area contributed by atoms with Gasteiger partial charge in [0.25, 0.3) is 5.91 Å². The first-order chi connectivity index (χ1) is 10.9. The fourth-order valence-electron chi connectivity index (χ4n) is 2.36. The zero-order chi connectivity index (χ0) is 17.0. The van der Waals surface area contributed by atoms with E-state index in [1.54, 1.807) is 6.92 Å². The number of benzene rings is 1. The van der Waals surface area contributed by atoms with Crippen LogP contribution in [0.3, 0.4) is 0 Å². The summed E-state index contributed by atoms with van der Waals surface area (Å²) in [6, 6.07) is 1.49. The van der Waals surface area contributed by atoms with Crippen molar-refractivity contribution in [2.75, 3.05) is 19.7 Å². The van der Waals surface area contributed by atoms with E-state index < -0.39 is 35.5 Å². The van der Waals surface area contributed by atoms with Crippen molar-refractivity contribution < 1.29 is 27.9 Å². The Labute approximate surface area is 131 Å². The van der Waals surface area contributed by atoms with Crippen LogP contribution in [-0.4, -0.2) is 48.4 Å². The molecule has 8 heteroatoms. The summed E-state index contributed by atoms with van der Waals surface area (Å²) in [5, 5.41) is 2.55. The number of hydrogen-bond donors (Lipinski definition) is 1. The zero-order valence-corrected chi connectivity index (χ0v) is 12.5. The van der Waals surface area contributed by atoms with E-state index in [0.717, 1.165) is 17.0 Å². The largest absolute Gasteiger partial charge is 0.466 e. The Balaban J connectivity index is 2.24. The highest BCUT2D eigenvalue weighted by Crippen LogP contribution is 2.17. The van der Waals surface area contributed by atoms with Crippen molar-refractivity contribution >= 4 is 17.8 Å². The lowest BCUT2D eigenvalue weighted by Gasteiger charge is -2.34. The van der Waals surface area contributed by atoms with E-state index in [0.29, 0.717) is 6.07 Å². The third kappa shape index (κ3) is 3.82. The third-order valence-corrected chi connectivity index (χ3v) is 3.42. The van der Waals surface area contributed by atoms with Crippen molar-refractivity contribution in [1.29, 1.82) is 0 Å². The second-order valence-electron chi connectivity index (χ2n) is 4.94. The molecule has 0 spiro atoms. The van der Waals surface area contributed by atoms with Gasteiger partial charge in [-0.05, 0) is 19.1 Å². The second-order valence-corrected chi connectivity index (χ2v) is 4.94. The predicted octanol–water partition coefficient (Wildman–Crippen LogP) is 0.859. The van der Waals surface area contributed by atoms with Crippen LogP contribution in [0.4, 0.5) is 8.78 Å². The van der Waals surface area contributed by atoms with Gasteiger partial charge in [-0.3, -0.25) is 14.4 Å². The van der Waals surface area contributed by atoms with E-state index >= 15 is 0 Å². The number of carbonyl (C=O) groups is 3. The molecule has 2 rings (SSSR count). The van der Waals surface area contributed by atoms with Crippen LogP contribution in [0.25, 0.3) is 0 Å². The lowest BCUT2D eigenvalue weighted by atomic mass is 10.1. The van der Waals surface area contributed by atoms with Gasteiger partial charge in [-0.1, -0.05) is 0 Å². The van der Waals surface area contributed by atoms with Gasteiger partial charge in [0.2, 0.25) is 5.91 Å². The molecule has 0 aromatic heterocycles. The summed E-state index contributed by atoms with van der Waals surface area (Å²) in [5.74, 6) is -3.74. The van der Waals surface area contributed by atoms with Crippen LogP contribution in [0.1, 0.15) is 23.7 Å². The number of hydrogen-bond acceptors (Lipinski definition) is 4. The molecule has 1 atom stereocenters. The quantitative estimate of drug-likeness (QED) is 0.833. The number of nitrogens with zero attached hydrogens (tertiary/aromatic N) is 1. The molecule has 0 aliphatic carbocycles. The van der Waals surface area contributed by atoms with E-state index in [1.807, 2.05) is 0 Å². The molecule has 1 aliphatic heterocycles. The SMILES string of the molecule is CCOC(=O)C[C@@H]1C(=O)NCCN1C(=O)c1ccc(F)cc1F. The van der Waals surface area contributed by atoms with E-state index in [9.17, 15) is 23.2 Å². The van der Waals surface area contributed by atoms with Gasteiger partial charge in [0.1, 0.15) is 17.7 Å². The molecular formula is C15H16F2N2O4. The Morgan fingerprint density at radius 2 is 2.13 bits per heavy atom. The molecule has 1 aromatic rings. The van der Waals surface area contributed by atoms with Crippen LogP contribution in [-0.2, 0) is 14.3 Å². The van der Waals surface area contributed by atoms with Crippen LogP contribution >= 0.6 is 0 Å². The van der Waals surface area contributed by atoms with Gasteiger partial charge in [-0.25, -0.2) is 8.78 Å². The molecule has 0 radical (unpaired) electrons. The Morgan fingerprint density at radius 1 is 1.39 bits per heavy atom. The minimum absolute atomic E-state index is 0.117. The maximum absolute atomic E-state index is 13.8. The molecule has 124 valence electrons. The molecule has 1 heterocycles. The number of esters is 1. The van der Waals surface area contributed by atoms with E-state index in [-0.39, 0.29) is 31.7 Å². The molecule has 0 unspecified atom stereocenters. The molecule has 1 aromatic carbocycles. The van der Waals surface area contributed by atoms with E-state index in [1.165, 1.54) is 0 Å². The maximum Gasteiger partial charge on any atom is 0.308 e. The molecule has 6 nitrogen and oxygen atoms in total. The van der Waals surface area contributed by atoms with Crippen molar-refractivity contribution in [2.24, 2.45) is 0 Å². The highest BCUT2D eigenvalue weighted by atomic mass is 19.1. The standard InChI is InChI=1S/C15H16F2N2O4/c1-2-23-13(20)8-12-14(21)18-5-6-19(12)15(22)10-4-3-9(16)7-11(10)17/h3-4,7,12H,2,5-6,8H2,1H3,(H,18,21)/t12-/m1/s1. The maximum atomic E-state index is 13.8. The van der Waals surface area contributed by atoms with Crippen molar-refractivity contribution in [2.45, 2.75) is 19.4 Å². The monoisotopic (exact) mass is 326 g/mol. The average Bonchev–Trinajstić information content (AvgIpc) is 2.49. The molecule has 1 aliphatic rings. The van der Waals surface area contributed by atoms with Crippen LogP contribution in [0.15, 0.2) is 18.2 Å². The second kappa shape index (κ2) is 7.17. The summed E-state index contributed by atoms with van der Waals surface area (Å²) in [6.45, 7) is 2.07. The van der Waals surface area contributed by atoms with Gasteiger partial charge >= 0.3 is 5.97 Å². The highest BCUT2D eigenvalue weighted by molar-refractivity contribution is 5.99. The Bertz CT molecular complexity index is 636. The first-order valence-corrected chi connectivity index (χ1v) is 7.13. The van der Waals surface area contributed by atoms with Crippen molar-refractivity contribution in [1.82, 2.24) is 10.2 Å². The minimum atomic E-state index is -1.08. The summed E-state index contributed by atoms with van der Waals surface area (Å²) in [6.07, 6.45) is -0.325. The molecule has 1 saturated heterocycles. The van der Waals surface area contributed by atoms with E-state index in [4.69, 9.17) is 4.74 Å². The fraction of sp³-hybridized carbons (Fsp3) is 0.400. The molecule has 1 fully saturated rings. The first-order valence-electron chi connectivity index (χ1n) is 7.13. The van der Waals surface area contributed by atoms with Crippen molar-refractivity contribution in [3.63, 3.8) is 0 Å². The summed E-state index contributed by atoms with van der Waals surface area (Å²) in [7, 11) is 0. The van der Waals surface area contributed by atoms with Gasteiger partial charge in [0.05, 0.1) is 18.6 Å². The van der Waals surface area contributed by atoms with Gasteiger partial charge < -0.3 is 15.0 Å².